The second kappa shape index (κ2) is 8.68. The van der Waals surface area contributed by atoms with Crippen LogP contribution in [0.15, 0.2) is 41.4 Å². The third kappa shape index (κ3) is 4.95. The van der Waals surface area contributed by atoms with Crippen molar-refractivity contribution in [1.29, 1.82) is 0 Å². The Kier molecular flexibility index (Phi) is 6.32. The number of rotatable bonds is 7. The molecule has 1 fully saturated rings. The summed E-state index contributed by atoms with van der Waals surface area (Å²) < 4.78 is 0. The molecular formula is C20H28N4S. The van der Waals surface area contributed by atoms with Crippen molar-refractivity contribution in [2.45, 2.75) is 37.6 Å². The molecule has 134 valence electrons. The number of thioether (sulfide) groups is 1. The molecule has 0 radical (unpaired) electrons. The third-order valence-corrected chi connectivity index (χ3v) is 5.95. The van der Waals surface area contributed by atoms with Gasteiger partial charge < -0.3 is 9.80 Å². The SMILES string of the molecule is Cc1ccc(SCCN(C)CC2CCCN2c2cccnn2)cc1C. The smallest absolute Gasteiger partial charge is 0.151 e. The monoisotopic (exact) mass is 356 g/mol. The lowest BCUT2D eigenvalue weighted by atomic mass is 10.1. The van der Waals surface area contributed by atoms with Crippen LogP contribution in [0.2, 0.25) is 0 Å². The summed E-state index contributed by atoms with van der Waals surface area (Å²) in [6.45, 7) is 7.63. The zero-order valence-corrected chi connectivity index (χ0v) is 16.3. The van der Waals surface area contributed by atoms with Crippen LogP contribution in [0.3, 0.4) is 0 Å². The average molecular weight is 357 g/mol. The van der Waals surface area contributed by atoms with Gasteiger partial charge in [0.15, 0.2) is 5.82 Å². The Morgan fingerprint density at radius 3 is 2.88 bits per heavy atom. The molecule has 2 heterocycles. The molecule has 0 N–H and O–H groups in total. The largest absolute Gasteiger partial charge is 0.351 e. The summed E-state index contributed by atoms with van der Waals surface area (Å²) in [5.41, 5.74) is 2.75. The van der Waals surface area contributed by atoms with Crippen LogP contribution >= 0.6 is 11.8 Å². The number of aryl methyl sites for hydroxylation is 2. The van der Waals surface area contributed by atoms with Gasteiger partial charge in [-0.2, -0.15) is 5.10 Å². The number of likely N-dealkylation sites (N-methyl/N-ethyl adjacent to an activating group) is 1. The molecule has 1 unspecified atom stereocenters. The Morgan fingerprint density at radius 1 is 1.24 bits per heavy atom. The van der Waals surface area contributed by atoms with E-state index in [1.165, 1.54) is 28.9 Å². The van der Waals surface area contributed by atoms with Gasteiger partial charge in [0.2, 0.25) is 0 Å². The summed E-state index contributed by atoms with van der Waals surface area (Å²) in [7, 11) is 2.23. The van der Waals surface area contributed by atoms with Crippen LogP contribution in [0.5, 0.6) is 0 Å². The quantitative estimate of drug-likeness (QED) is 0.705. The molecule has 1 aliphatic rings. The maximum Gasteiger partial charge on any atom is 0.151 e. The fraction of sp³-hybridized carbons (Fsp3) is 0.500. The molecule has 2 aromatic rings. The predicted octanol–water partition coefficient (Wildman–Crippen LogP) is 3.79. The fourth-order valence-electron chi connectivity index (χ4n) is 3.35. The van der Waals surface area contributed by atoms with Crippen molar-refractivity contribution in [3.63, 3.8) is 0 Å². The lowest BCUT2D eigenvalue weighted by molar-refractivity contribution is 0.328. The molecule has 1 aliphatic heterocycles. The number of hydrogen-bond acceptors (Lipinski definition) is 5. The van der Waals surface area contributed by atoms with E-state index in [1.807, 2.05) is 17.8 Å². The Balaban J connectivity index is 1.47. The van der Waals surface area contributed by atoms with Gasteiger partial charge in [0.1, 0.15) is 0 Å². The number of aromatic nitrogens is 2. The summed E-state index contributed by atoms with van der Waals surface area (Å²) in [6.07, 6.45) is 4.22. The predicted molar refractivity (Wildman–Crippen MR) is 107 cm³/mol. The topological polar surface area (TPSA) is 32.3 Å². The van der Waals surface area contributed by atoms with Crippen LogP contribution in [0.25, 0.3) is 0 Å². The minimum atomic E-state index is 0.549. The van der Waals surface area contributed by atoms with Gasteiger partial charge in [-0.1, -0.05) is 6.07 Å². The van der Waals surface area contributed by atoms with E-state index in [4.69, 9.17) is 0 Å². The summed E-state index contributed by atoms with van der Waals surface area (Å²) in [4.78, 5) is 6.24. The Labute approximate surface area is 155 Å². The first-order valence-corrected chi connectivity index (χ1v) is 10.0. The summed E-state index contributed by atoms with van der Waals surface area (Å²) >= 11 is 1.95. The molecule has 3 rings (SSSR count). The van der Waals surface area contributed by atoms with E-state index in [2.05, 4.69) is 65.2 Å². The fourth-order valence-corrected chi connectivity index (χ4v) is 4.41. The number of anilines is 1. The zero-order valence-electron chi connectivity index (χ0n) is 15.5. The lowest BCUT2D eigenvalue weighted by Crippen LogP contribution is -2.40. The molecule has 1 aromatic heterocycles. The molecule has 0 spiro atoms. The van der Waals surface area contributed by atoms with Gasteiger partial charge in [0, 0.05) is 42.5 Å². The van der Waals surface area contributed by atoms with Crippen LogP contribution in [0, 0.1) is 13.8 Å². The van der Waals surface area contributed by atoms with Gasteiger partial charge in [-0.15, -0.1) is 16.9 Å². The van der Waals surface area contributed by atoms with Gasteiger partial charge >= 0.3 is 0 Å². The Morgan fingerprint density at radius 2 is 2.12 bits per heavy atom. The van der Waals surface area contributed by atoms with E-state index >= 15 is 0 Å². The molecule has 1 atom stereocenters. The van der Waals surface area contributed by atoms with Gasteiger partial charge in [-0.3, -0.25) is 0 Å². The van der Waals surface area contributed by atoms with Gasteiger partial charge in [-0.05, 0) is 69.1 Å². The average Bonchev–Trinajstić information content (AvgIpc) is 3.07. The Hall–Kier alpha value is -1.59. The van der Waals surface area contributed by atoms with Gasteiger partial charge in [0.05, 0.1) is 0 Å². The van der Waals surface area contributed by atoms with Crippen LogP contribution < -0.4 is 4.90 Å². The second-order valence-corrected chi connectivity index (χ2v) is 8.10. The normalized spacial score (nSPS) is 17.4. The van der Waals surface area contributed by atoms with Crippen molar-refractivity contribution >= 4 is 17.6 Å². The molecule has 1 aromatic carbocycles. The maximum atomic E-state index is 4.29. The molecular weight excluding hydrogens is 328 g/mol. The van der Waals surface area contributed by atoms with Crippen molar-refractivity contribution < 1.29 is 0 Å². The molecule has 4 nitrogen and oxygen atoms in total. The standard InChI is InChI=1S/C20H28N4S/c1-16-8-9-19(14-17(16)2)25-13-12-23(3)15-18-6-5-11-24(18)20-7-4-10-21-22-20/h4,7-10,14,18H,5-6,11-13,15H2,1-3H3. The first kappa shape index (κ1) is 18.2. The minimum absolute atomic E-state index is 0.549. The third-order valence-electron chi connectivity index (χ3n) is 4.97. The van der Waals surface area contributed by atoms with Crippen molar-refractivity contribution in [1.82, 2.24) is 15.1 Å². The number of hydrogen-bond donors (Lipinski definition) is 0. The van der Waals surface area contributed by atoms with Crippen molar-refractivity contribution in [2.75, 3.05) is 37.3 Å². The van der Waals surface area contributed by atoms with Gasteiger partial charge in [-0.25, -0.2) is 0 Å². The van der Waals surface area contributed by atoms with E-state index in [9.17, 15) is 0 Å². The molecule has 0 bridgehead atoms. The number of nitrogens with zero attached hydrogens (tertiary/aromatic N) is 4. The highest BCUT2D eigenvalue weighted by atomic mass is 32.2. The number of benzene rings is 1. The first-order chi connectivity index (χ1) is 12.1. The van der Waals surface area contributed by atoms with Crippen LogP contribution in [-0.4, -0.2) is 53.6 Å². The lowest BCUT2D eigenvalue weighted by Gasteiger charge is -2.29. The molecule has 25 heavy (non-hydrogen) atoms. The molecule has 0 saturated carbocycles. The molecule has 1 saturated heterocycles. The highest BCUT2D eigenvalue weighted by molar-refractivity contribution is 7.99. The van der Waals surface area contributed by atoms with Crippen molar-refractivity contribution in [3.05, 3.63) is 47.7 Å². The highest BCUT2D eigenvalue weighted by Gasteiger charge is 2.26. The van der Waals surface area contributed by atoms with Crippen LogP contribution in [0.1, 0.15) is 24.0 Å². The van der Waals surface area contributed by atoms with E-state index < -0.39 is 0 Å². The van der Waals surface area contributed by atoms with Gasteiger partial charge in [0.25, 0.3) is 0 Å². The van der Waals surface area contributed by atoms with E-state index in [0.29, 0.717) is 6.04 Å². The summed E-state index contributed by atoms with van der Waals surface area (Å²) in [6, 6.07) is 11.3. The van der Waals surface area contributed by atoms with Crippen LogP contribution in [0.4, 0.5) is 5.82 Å². The Bertz CT molecular complexity index is 677. The van der Waals surface area contributed by atoms with Crippen LogP contribution in [-0.2, 0) is 0 Å². The zero-order chi connectivity index (χ0) is 17.6. The van der Waals surface area contributed by atoms with Crippen molar-refractivity contribution in [3.8, 4) is 0 Å². The first-order valence-electron chi connectivity index (χ1n) is 9.06. The van der Waals surface area contributed by atoms with E-state index in [0.717, 1.165) is 31.2 Å². The minimum Gasteiger partial charge on any atom is -0.351 e. The molecule has 0 aliphatic carbocycles. The summed E-state index contributed by atoms with van der Waals surface area (Å²) in [5.74, 6) is 2.14. The van der Waals surface area contributed by atoms with E-state index in [-0.39, 0.29) is 0 Å². The molecule has 0 amide bonds. The van der Waals surface area contributed by atoms with E-state index in [1.54, 1.807) is 6.20 Å². The summed E-state index contributed by atoms with van der Waals surface area (Å²) in [5, 5.41) is 8.32. The maximum absolute atomic E-state index is 4.29. The van der Waals surface area contributed by atoms with Crippen molar-refractivity contribution in [2.24, 2.45) is 0 Å². The highest BCUT2D eigenvalue weighted by Crippen LogP contribution is 2.24. The second-order valence-electron chi connectivity index (χ2n) is 6.93. The molecule has 5 heteroatoms.